The fourth-order valence-corrected chi connectivity index (χ4v) is 8.71. The molecule has 0 saturated heterocycles. The van der Waals surface area contributed by atoms with E-state index in [-0.39, 0.29) is 0 Å². The molecule has 0 amide bonds. The quantitative estimate of drug-likeness (QED) is 0.173. The minimum atomic E-state index is 0.704. The molecule has 248 valence electrons. The fraction of sp³-hybridized carbons (Fsp3) is 0. The van der Waals surface area contributed by atoms with Gasteiger partial charge >= 0.3 is 0 Å². The van der Waals surface area contributed by atoms with Gasteiger partial charge in [0.25, 0.3) is 0 Å². The molecule has 0 N–H and O–H groups in total. The summed E-state index contributed by atoms with van der Waals surface area (Å²) < 4.78 is 2.58. The Bertz CT molecular complexity index is 2950. The zero-order chi connectivity index (χ0) is 35.1. The second-order valence-electron chi connectivity index (χ2n) is 13.4. The normalized spacial score (nSPS) is 11.4. The maximum atomic E-state index is 5.34. The van der Waals surface area contributed by atoms with Gasteiger partial charge in [-0.1, -0.05) is 158 Å². The van der Waals surface area contributed by atoms with E-state index in [0.717, 1.165) is 39.2 Å². The molecule has 2 heterocycles. The Morgan fingerprint density at radius 1 is 0.321 bits per heavy atom. The number of hydrogen-bond donors (Lipinski definition) is 0. The minimum absolute atomic E-state index is 0.704. The standard InChI is InChI=1S/C50H32N2S/c1-3-15-34(16-4-1)41-20-9-10-21-42(41)38-29-39(43-23-13-24-45-44-22-11-12-25-48(44)53-49(43)45)31-40(30-38)47-32-46(35-17-5-2-6-18-35)51-50(52-47)37-27-26-33-14-7-8-19-36(33)28-37/h1-32H. The van der Waals surface area contributed by atoms with Gasteiger partial charge in [0, 0.05) is 36.9 Å². The first-order valence-corrected chi connectivity index (χ1v) is 18.7. The van der Waals surface area contributed by atoms with Crippen LogP contribution in [-0.2, 0) is 0 Å². The van der Waals surface area contributed by atoms with Crippen molar-refractivity contribution in [2.24, 2.45) is 0 Å². The van der Waals surface area contributed by atoms with Crippen molar-refractivity contribution in [1.82, 2.24) is 9.97 Å². The van der Waals surface area contributed by atoms with Crippen molar-refractivity contribution in [3.63, 3.8) is 0 Å². The van der Waals surface area contributed by atoms with E-state index in [1.807, 2.05) is 17.4 Å². The molecule has 2 aromatic heterocycles. The molecule has 0 unspecified atom stereocenters. The highest BCUT2D eigenvalue weighted by atomic mass is 32.1. The molecule has 10 rings (SSSR count). The lowest BCUT2D eigenvalue weighted by molar-refractivity contribution is 1.18. The third-order valence-electron chi connectivity index (χ3n) is 10.1. The SMILES string of the molecule is c1ccc(-c2cc(-c3cc(-c4ccccc4-c4ccccc4)cc(-c4cccc5c4sc4ccccc45)c3)nc(-c3ccc4ccccc4c3)n2)cc1. The second-order valence-corrected chi connectivity index (χ2v) is 14.4. The van der Waals surface area contributed by atoms with Gasteiger partial charge in [-0.3, -0.25) is 0 Å². The van der Waals surface area contributed by atoms with Crippen molar-refractivity contribution < 1.29 is 0 Å². The average Bonchev–Trinajstić information content (AvgIpc) is 3.63. The van der Waals surface area contributed by atoms with Gasteiger partial charge in [-0.25, -0.2) is 9.97 Å². The third kappa shape index (κ3) is 5.78. The van der Waals surface area contributed by atoms with Gasteiger partial charge < -0.3 is 0 Å². The van der Waals surface area contributed by atoms with Crippen LogP contribution in [0.25, 0.3) is 98.2 Å². The van der Waals surface area contributed by atoms with Crippen LogP contribution in [0.5, 0.6) is 0 Å². The van der Waals surface area contributed by atoms with Crippen molar-refractivity contribution in [2.45, 2.75) is 0 Å². The van der Waals surface area contributed by atoms with E-state index >= 15 is 0 Å². The number of benzene rings is 8. The lowest BCUT2D eigenvalue weighted by Gasteiger charge is -2.16. The van der Waals surface area contributed by atoms with Crippen LogP contribution < -0.4 is 0 Å². The molecule has 0 atom stereocenters. The Hall–Kier alpha value is -6.68. The maximum absolute atomic E-state index is 5.34. The first kappa shape index (κ1) is 31.1. The highest BCUT2D eigenvalue weighted by molar-refractivity contribution is 7.26. The van der Waals surface area contributed by atoms with Crippen LogP contribution in [0.4, 0.5) is 0 Å². The smallest absolute Gasteiger partial charge is 0.160 e. The molecule has 0 aliphatic carbocycles. The summed E-state index contributed by atoms with van der Waals surface area (Å²) in [5.41, 5.74) is 11.9. The van der Waals surface area contributed by atoms with E-state index in [0.29, 0.717) is 5.82 Å². The molecule has 0 spiro atoms. The van der Waals surface area contributed by atoms with Gasteiger partial charge in [-0.05, 0) is 80.6 Å². The summed E-state index contributed by atoms with van der Waals surface area (Å²) in [6.07, 6.45) is 0. The summed E-state index contributed by atoms with van der Waals surface area (Å²) in [6.45, 7) is 0. The fourth-order valence-electron chi connectivity index (χ4n) is 7.47. The molecule has 0 aliphatic heterocycles. The zero-order valence-electron chi connectivity index (χ0n) is 28.8. The number of thiophene rings is 1. The van der Waals surface area contributed by atoms with E-state index in [4.69, 9.17) is 9.97 Å². The van der Waals surface area contributed by atoms with Gasteiger partial charge in [0.2, 0.25) is 0 Å². The first-order valence-electron chi connectivity index (χ1n) is 17.9. The summed E-state index contributed by atoms with van der Waals surface area (Å²) in [5, 5.41) is 4.94. The van der Waals surface area contributed by atoms with Crippen LogP contribution in [0, 0.1) is 0 Å². The minimum Gasteiger partial charge on any atom is -0.228 e. The lowest BCUT2D eigenvalue weighted by Crippen LogP contribution is -1.97. The van der Waals surface area contributed by atoms with Crippen LogP contribution in [0.15, 0.2) is 194 Å². The van der Waals surface area contributed by atoms with Crippen molar-refractivity contribution in [1.29, 1.82) is 0 Å². The second kappa shape index (κ2) is 13.1. The van der Waals surface area contributed by atoms with Gasteiger partial charge in [0.05, 0.1) is 11.4 Å². The predicted molar refractivity (Wildman–Crippen MR) is 225 cm³/mol. The van der Waals surface area contributed by atoms with E-state index in [2.05, 4.69) is 188 Å². The lowest BCUT2D eigenvalue weighted by atomic mass is 9.90. The van der Waals surface area contributed by atoms with E-state index in [1.54, 1.807) is 0 Å². The highest BCUT2D eigenvalue weighted by Crippen LogP contribution is 2.43. The third-order valence-corrected chi connectivity index (χ3v) is 11.3. The molecule has 10 aromatic rings. The highest BCUT2D eigenvalue weighted by Gasteiger charge is 2.17. The number of hydrogen-bond acceptors (Lipinski definition) is 3. The zero-order valence-corrected chi connectivity index (χ0v) is 29.6. The van der Waals surface area contributed by atoms with Crippen molar-refractivity contribution in [3.05, 3.63) is 194 Å². The Morgan fingerprint density at radius 2 is 0.887 bits per heavy atom. The summed E-state index contributed by atoms with van der Waals surface area (Å²) in [4.78, 5) is 10.5. The molecule has 0 aliphatic rings. The Kier molecular flexibility index (Phi) is 7.71. The summed E-state index contributed by atoms with van der Waals surface area (Å²) in [6, 6.07) is 69.3. The molecular weight excluding hydrogens is 661 g/mol. The number of aromatic nitrogens is 2. The first-order chi connectivity index (χ1) is 26.2. The predicted octanol–water partition coefficient (Wildman–Crippen LogP) is 14.0. The van der Waals surface area contributed by atoms with Crippen molar-refractivity contribution in [2.75, 3.05) is 0 Å². The maximum Gasteiger partial charge on any atom is 0.160 e. The average molecular weight is 693 g/mol. The molecule has 2 nitrogen and oxygen atoms in total. The van der Waals surface area contributed by atoms with Gasteiger partial charge in [-0.15, -0.1) is 11.3 Å². The van der Waals surface area contributed by atoms with E-state index < -0.39 is 0 Å². The number of nitrogens with zero attached hydrogens (tertiary/aromatic N) is 2. The van der Waals surface area contributed by atoms with Crippen LogP contribution in [0.3, 0.4) is 0 Å². The summed E-state index contributed by atoms with van der Waals surface area (Å²) in [7, 11) is 0. The van der Waals surface area contributed by atoms with Crippen molar-refractivity contribution in [3.8, 4) is 67.3 Å². The molecule has 8 aromatic carbocycles. The van der Waals surface area contributed by atoms with Gasteiger partial charge in [-0.2, -0.15) is 0 Å². The largest absolute Gasteiger partial charge is 0.228 e. The number of rotatable bonds is 6. The van der Waals surface area contributed by atoms with Crippen LogP contribution in [0.1, 0.15) is 0 Å². The Morgan fingerprint density at radius 3 is 1.68 bits per heavy atom. The molecule has 0 fully saturated rings. The topological polar surface area (TPSA) is 25.8 Å². The van der Waals surface area contributed by atoms with E-state index in [9.17, 15) is 0 Å². The Labute approximate surface area is 312 Å². The molecule has 0 saturated carbocycles. The molecule has 0 bridgehead atoms. The number of fused-ring (bicyclic) bond motifs is 4. The molecule has 53 heavy (non-hydrogen) atoms. The van der Waals surface area contributed by atoms with E-state index in [1.165, 1.54) is 53.2 Å². The van der Waals surface area contributed by atoms with Crippen LogP contribution >= 0.6 is 11.3 Å². The van der Waals surface area contributed by atoms with Gasteiger partial charge in [0.15, 0.2) is 5.82 Å². The summed E-state index contributed by atoms with van der Waals surface area (Å²) >= 11 is 1.86. The molecule has 3 heteroatoms. The van der Waals surface area contributed by atoms with Crippen LogP contribution in [-0.4, -0.2) is 9.97 Å². The van der Waals surface area contributed by atoms with Gasteiger partial charge in [0.1, 0.15) is 0 Å². The van der Waals surface area contributed by atoms with Crippen LogP contribution in [0.2, 0.25) is 0 Å². The monoisotopic (exact) mass is 692 g/mol. The Balaban J connectivity index is 1.24. The summed E-state index contributed by atoms with van der Waals surface area (Å²) in [5.74, 6) is 0.704. The molecular formula is C50H32N2S. The molecule has 0 radical (unpaired) electrons. The van der Waals surface area contributed by atoms with Crippen molar-refractivity contribution >= 4 is 42.3 Å².